The molecule has 0 radical (unpaired) electrons. The molecule has 2 aromatic carbocycles. The smallest absolute Gasteiger partial charge is 0.126 e. The fourth-order valence-corrected chi connectivity index (χ4v) is 2.55. The molecule has 20 heavy (non-hydrogen) atoms. The highest BCUT2D eigenvalue weighted by atomic mass is 35.5. The second-order valence-corrected chi connectivity index (χ2v) is 5.58. The molecule has 3 heteroatoms. The van der Waals surface area contributed by atoms with Gasteiger partial charge in [0, 0.05) is 17.1 Å². The maximum Gasteiger partial charge on any atom is 0.126 e. The maximum absolute atomic E-state index is 13.6. The van der Waals surface area contributed by atoms with Crippen LogP contribution < -0.4 is 5.32 Å². The van der Waals surface area contributed by atoms with E-state index in [9.17, 15) is 4.39 Å². The molecule has 0 fully saturated rings. The molecule has 0 saturated carbocycles. The van der Waals surface area contributed by atoms with Crippen LogP contribution in [0.25, 0.3) is 0 Å². The van der Waals surface area contributed by atoms with E-state index in [-0.39, 0.29) is 17.9 Å². The van der Waals surface area contributed by atoms with Gasteiger partial charge in [0.2, 0.25) is 0 Å². The normalized spacial score (nSPS) is 14.0. The van der Waals surface area contributed by atoms with Crippen LogP contribution in [0.2, 0.25) is 5.02 Å². The molecule has 2 aromatic rings. The molecule has 0 heterocycles. The molecule has 0 amide bonds. The van der Waals surface area contributed by atoms with Gasteiger partial charge in [-0.3, -0.25) is 0 Å². The first-order chi connectivity index (χ1) is 9.56. The number of nitrogens with one attached hydrogen (secondary N) is 1. The topological polar surface area (TPSA) is 12.0 Å². The van der Waals surface area contributed by atoms with Crippen LogP contribution in [0.3, 0.4) is 0 Å². The fraction of sp³-hybridized carbons (Fsp3) is 0.294. The first kappa shape index (κ1) is 15.0. The molecular weight excluding hydrogens is 273 g/mol. The third-order valence-corrected chi connectivity index (χ3v) is 3.60. The largest absolute Gasteiger partial charge is 0.307 e. The first-order valence-corrected chi connectivity index (χ1v) is 7.19. The summed E-state index contributed by atoms with van der Waals surface area (Å²) in [7, 11) is 0. The van der Waals surface area contributed by atoms with Crippen LogP contribution in [0.1, 0.15) is 31.0 Å². The van der Waals surface area contributed by atoms with Gasteiger partial charge in [0.15, 0.2) is 0 Å². The zero-order valence-corrected chi connectivity index (χ0v) is 12.5. The summed E-state index contributed by atoms with van der Waals surface area (Å²) in [6.45, 7) is 4.15. The third-order valence-electron chi connectivity index (χ3n) is 3.37. The average Bonchev–Trinajstić information content (AvgIpc) is 2.41. The minimum absolute atomic E-state index is 0.142. The monoisotopic (exact) mass is 291 g/mol. The Balaban J connectivity index is 1.98. The Kier molecular flexibility index (Phi) is 5.16. The molecule has 2 atom stereocenters. The highest BCUT2D eigenvalue weighted by molar-refractivity contribution is 6.30. The molecule has 0 aliphatic rings. The summed E-state index contributed by atoms with van der Waals surface area (Å²) in [5, 5.41) is 4.21. The summed E-state index contributed by atoms with van der Waals surface area (Å²) < 4.78 is 13.6. The Morgan fingerprint density at radius 3 is 2.55 bits per heavy atom. The summed E-state index contributed by atoms with van der Waals surface area (Å²) in [6, 6.07) is 15.1. The molecule has 1 N–H and O–H groups in total. The van der Waals surface area contributed by atoms with Crippen molar-refractivity contribution in [2.24, 2.45) is 0 Å². The summed E-state index contributed by atoms with van der Waals surface area (Å²) in [6.07, 6.45) is 0.664. The van der Waals surface area contributed by atoms with E-state index in [1.54, 1.807) is 6.07 Å². The lowest BCUT2D eigenvalue weighted by molar-refractivity contribution is 0.469. The number of hydrogen-bond acceptors (Lipinski definition) is 1. The minimum Gasteiger partial charge on any atom is -0.307 e. The highest BCUT2D eigenvalue weighted by Crippen LogP contribution is 2.18. The third kappa shape index (κ3) is 4.06. The zero-order valence-electron chi connectivity index (χ0n) is 11.7. The van der Waals surface area contributed by atoms with E-state index in [2.05, 4.69) is 19.2 Å². The average molecular weight is 292 g/mol. The van der Waals surface area contributed by atoms with Crippen molar-refractivity contribution in [3.05, 3.63) is 70.5 Å². The molecular formula is C17H19ClFN. The molecule has 106 valence electrons. The van der Waals surface area contributed by atoms with E-state index in [0.717, 1.165) is 16.1 Å². The van der Waals surface area contributed by atoms with Gasteiger partial charge in [0.05, 0.1) is 0 Å². The van der Waals surface area contributed by atoms with Crippen molar-refractivity contribution in [2.45, 2.75) is 32.4 Å². The van der Waals surface area contributed by atoms with Crippen molar-refractivity contribution in [3.63, 3.8) is 0 Å². The number of hydrogen-bond donors (Lipinski definition) is 1. The van der Waals surface area contributed by atoms with Crippen LogP contribution in [0, 0.1) is 5.82 Å². The van der Waals surface area contributed by atoms with Crippen LogP contribution >= 0.6 is 11.6 Å². The van der Waals surface area contributed by atoms with E-state index in [4.69, 9.17) is 11.6 Å². The molecule has 1 unspecified atom stereocenters. The molecule has 0 bridgehead atoms. The summed E-state index contributed by atoms with van der Waals surface area (Å²) >= 11 is 6.00. The van der Waals surface area contributed by atoms with E-state index in [1.807, 2.05) is 36.4 Å². The summed E-state index contributed by atoms with van der Waals surface area (Å²) in [5.41, 5.74) is 1.88. The van der Waals surface area contributed by atoms with Gasteiger partial charge in [-0.25, -0.2) is 4.39 Å². The lowest BCUT2D eigenvalue weighted by Crippen LogP contribution is -2.31. The van der Waals surface area contributed by atoms with Crippen LogP contribution in [0.15, 0.2) is 48.5 Å². The first-order valence-electron chi connectivity index (χ1n) is 6.81. The Hall–Kier alpha value is -1.38. The van der Waals surface area contributed by atoms with Crippen molar-refractivity contribution in [1.82, 2.24) is 5.32 Å². The Morgan fingerprint density at radius 1 is 1.10 bits per heavy atom. The molecule has 1 nitrogen and oxygen atoms in total. The van der Waals surface area contributed by atoms with E-state index >= 15 is 0 Å². The molecule has 2 rings (SSSR count). The number of rotatable bonds is 5. The Bertz CT molecular complexity index is 570. The van der Waals surface area contributed by atoms with Crippen LogP contribution in [0.5, 0.6) is 0 Å². The standard InChI is InChI=1S/C17H19ClFN/c1-12(10-15-6-3-4-9-17(15)19)20-13(2)14-7-5-8-16(18)11-14/h3-9,11-13,20H,10H2,1-2H3/t12?,13-/m0/s1. The highest BCUT2D eigenvalue weighted by Gasteiger charge is 2.12. The molecule has 0 aromatic heterocycles. The SMILES string of the molecule is CC(Cc1ccccc1F)N[C@@H](C)c1cccc(Cl)c1. The lowest BCUT2D eigenvalue weighted by Gasteiger charge is -2.21. The Morgan fingerprint density at radius 2 is 1.85 bits per heavy atom. The van der Waals surface area contributed by atoms with Gasteiger partial charge in [-0.2, -0.15) is 0 Å². The van der Waals surface area contributed by atoms with Gasteiger partial charge in [-0.05, 0) is 49.6 Å². The quantitative estimate of drug-likeness (QED) is 0.837. The molecule has 0 aliphatic heterocycles. The predicted molar refractivity (Wildman–Crippen MR) is 82.6 cm³/mol. The van der Waals surface area contributed by atoms with Crippen molar-refractivity contribution in [1.29, 1.82) is 0 Å². The molecule has 0 aliphatic carbocycles. The van der Waals surface area contributed by atoms with E-state index < -0.39 is 0 Å². The Labute approximate surface area is 124 Å². The second kappa shape index (κ2) is 6.87. The maximum atomic E-state index is 13.6. The van der Waals surface area contributed by atoms with Crippen molar-refractivity contribution < 1.29 is 4.39 Å². The zero-order chi connectivity index (χ0) is 14.5. The molecule has 0 saturated heterocycles. The van der Waals surface area contributed by atoms with Crippen molar-refractivity contribution in [3.8, 4) is 0 Å². The molecule has 0 spiro atoms. The summed E-state index contributed by atoms with van der Waals surface area (Å²) in [4.78, 5) is 0. The van der Waals surface area contributed by atoms with Gasteiger partial charge < -0.3 is 5.32 Å². The number of halogens is 2. The minimum atomic E-state index is -0.142. The van der Waals surface area contributed by atoms with E-state index in [1.165, 1.54) is 6.07 Å². The van der Waals surface area contributed by atoms with Gasteiger partial charge >= 0.3 is 0 Å². The fourth-order valence-electron chi connectivity index (χ4n) is 2.35. The van der Waals surface area contributed by atoms with Crippen LogP contribution in [-0.2, 0) is 6.42 Å². The van der Waals surface area contributed by atoms with Crippen molar-refractivity contribution in [2.75, 3.05) is 0 Å². The van der Waals surface area contributed by atoms with E-state index in [0.29, 0.717) is 6.42 Å². The van der Waals surface area contributed by atoms with Gasteiger partial charge in [0.1, 0.15) is 5.82 Å². The van der Waals surface area contributed by atoms with Crippen LogP contribution in [-0.4, -0.2) is 6.04 Å². The van der Waals surface area contributed by atoms with Crippen molar-refractivity contribution >= 4 is 11.6 Å². The van der Waals surface area contributed by atoms with Gasteiger partial charge in [-0.1, -0.05) is 41.9 Å². The second-order valence-electron chi connectivity index (χ2n) is 5.14. The predicted octanol–water partition coefficient (Wildman–Crippen LogP) is 4.76. The van der Waals surface area contributed by atoms with Crippen LogP contribution in [0.4, 0.5) is 4.39 Å². The van der Waals surface area contributed by atoms with Gasteiger partial charge in [0.25, 0.3) is 0 Å². The number of benzene rings is 2. The summed E-state index contributed by atoms with van der Waals surface area (Å²) in [5.74, 6) is -0.142. The van der Waals surface area contributed by atoms with Gasteiger partial charge in [-0.15, -0.1) is 0 Å². The lowest BCUT2D eigenvalue weighted by atomic mass is 10.0.